The van der Waals surface area contributed by atoms with Gasteiger partial charge in [-0.1, -0.05) is 48.5 Å². The molecule has 1 unspecified atom stereocenters. The van der Waals surface area contributed by atoms with E-state index in [1.807, 2.05) is 61.5 Å². The van der Waals surface area contributed by atoms with E-state index in [0.717, 1.165) is 22.2 Å². The maximum atomic E-state index is 12.8. The number of nitrogens with one attached hydrogen (secondary N) is 2. The van der Waals surface area contributed by atoms with Gasteiger partial charge < -0.3 is 15.0 Å². The van der Waals surface area contributed by atoms with Crippen LogP contribution in [0.3, 0.4) is 0 Å². The number of Topliss-reactive ketones (excluding diaryl/α,β-unsaturated/α-hetero) is 1. The zero-order valence-corrected chi connectivity index (χ0v) is 15.8. The zero-order chi connectivity index (χ0) is 20.1. The third-order valence-electron chi connectivity index (χ3n) is 4.45. The fourth-order valence-corrected chi connectivity index (χ4v) is 3.10. The van der Waals surface area contributed by atoms with Gasteiger partial charge in [0.1, 0.15) is 6.54 Å². The number of rotatable bonds is 7. The number of aryl methyl sites for hydroxylation is 1. The Bertz CT molecular complexity index is 1010. The van der Waals surface area contributed by atoms with Gasteiger partial charge in [0, 0.05) is 22.2 Å². The second-order valence-corrected chi connectivity index (χ2v) is 6.61. The summed E-state index contributed by atoms with van der Waals surface area (Å²) in [5, 5.41) is 3.32. The Morgan fingerprint density at radius 2 is 1.71 bits per heavy atom. The average molecular weight is 378 g/mol. The predicted molar refractivity (Wildman–Crippen MR) is 106 cm³/mol. The van der Waals surface area contributed by atoms with Gasteiger partial charge in [-0.15, -0.1) is 0 Å². The third kappa shape index (κ3) is 4.46. The summed E-state index contributed by atoms with van der Waals surface area (Å²) >= 11 is 0. The van der Waals surface area contributed by atoms with Gasteiger partial charge in [0.25, 0.3) is 0 Å². The van der Waals surface area contributed by atoms with E-state index in [-0.39, 0.29) is 24.7 Å². The number of ketones is 1. The van der Waals surface area contributed by atoms with E-state index >= 15 is 0 Å². The summed E-state index contributed by atoms with van der Waals surface area (Å²) in [6.45, 7) is 3.06. The van der Waals surface area contributed by atoms with Crippen LogP contribution in [0.25, 0.3) is 10.9 Å². The maximum absolute atomic E-state index is 12.8. The number of aromatic amines is 1. The van der Waals surface area contributed by atoms with Gasteiger partial charge in [-0.05, 0) is 25.5 Å². The molecule has 1 amide bonds. The first-order valence-corrected chi connectivity index (χ1v) is 9.07. The third-order valence-corrected chi connectivity index (χ3v) is 4.45. The Labute approximate surface area is 162 Å². The highest BCUT2D eigenvalue weighted by atomic mass is 16.5. The van der Waals surface area contributed by atoms with Crippen molar-refractivity contribution in [2.75, 3.05) is 6.54 Å². The SMILES string of the molecule is Cc1[nH]c2ccccc2c1C(=O)C(C)OC(=O)CNC(=O)Cc1ccccc1. The van der Waals surface area contributed by atoms with Crippen LogP contribution in [0.5, 0.6) is 0 Å². The Hall–Kier alpha value is -3.41. The lowest BCUT2D eigenvalue weighted by Crippen LogP contribution is -2.34. The summed E-state index contributed by atoms with van der Waals surface area (Å²) in [7, 11) is 0. The van der Waals surface area contributed by atoms with Gasteiger partial charge in [-0.2, -0.15) is 0 Å². The van der Waals surface area contributed by atoms with Crippen molar-refractivity contribution in [2.24, 2.45) is 0 Å². The Morgan fingerprint density at radius 1 is 1.04 bits per heavy atom. The number of amides is 1. The Kier molecular flexibility index (Phi) is 5.89. The second-order valence-electron chi connectivity index (χ2n) is 6.61. The molecule has 2 N–H and O–H groups in total. The minimum Gasteiger partial charge on any atom is -0.453 e. The number of benzene rings is 2. The molecule has 1 aromatic heterocycles. The molecule has 0 bridgehead atoms. The Balaban J connectivity index is 1.55. The fourth-order valence-electron chi connectivity index (χ4n) is 3.10. The lowest BCUT2D eigenvalue weighted by atomic mass is 10.0. The molecule has 0 radical (unpaired) electrons. The molecule has 1 atom stereocenters. The summed E-state index contributed by atoms with van der Waals surface area (Å²) in [6, 6.07) is 16.7. The number of H-pyrrole nitrogens is 1. The quantitative estimate of drug-likeness (QED) is 0.489. The minimum absolute atomic E-state index is 0.178. The van der Waals surface area contributed by atoms with Gasteiger partial charge in [-0.25, -0.2) is 0 Å². The standard InChI is InChI=1S/C22H22N2O4/c1-14-21(17-10-6-7-11-18(17)24-14)22(27)15(2)28-20(26)13-23-19(25)12-16-8-4-3-5-9-16/h3-11,15,24H,12-13H2,1-2H3,(H,23,25). The van der Waals surface area contributed by atoms with Crippen molar-refractivity contribution in [3.8, 4) is 0 Å². The van der Waals surface area contributed by atoms with E-state index in [2.05, 4.69) is 10.3 Å². The highest BCUT2D eigenvalue weighted by molar-refractivity contribution is 6.11. The fraction of sp³-hybridized carbons (Fsp3) is 0.227. The molecule has 1 heterocycles. The molecule has 3 aromatic rings. The van der Waals surface area contributed by atoms with Crippen LogP contribution < -0.4 is 5.32 Å². The zero-order valence-electron chi connectivity index (χ0n) is 15.8. The van der Waals surface area contributed by atoms with Crippen molar-refractivity contribution >= 4 is 28.6 Å². The van der Waals surface area contributed by atoms with E-state index in [4.69, 9.17) is 4.74 Å². The van der Waals surface area contributed by atoms with Gasteiger partial charge in [0.2, 0.25) is 11.7 Å². The molecular weight excluding hydrogens is 356 g/mol. The van der Waals surface area contributed by atoms with Crippen LogP contribution in [-0.2, 0) is 20.7 Å². The topological polar surface area (TPSA) is 88.3 Å². The van der Waals surface area contributed by atoms with Gasteiger partial charge in [0.05, 0.1) is 6.42 Å². The van der Waals surface area contributed by atoms with Crippen LogP contribution >= 0.6 is 0 Å². The van der Waals surface area contributed by atoms with Gasteiger partial charge in [0.15, 0.2) is 6.10 Å². The number of carbonyl (C=O) groups is 3. The Morgan fingerprint density at radius 3 is 2.46 bits per heavy atom. The summed E-state index contributed by atoms with van der Waals surface area (Å²) in [5.74, 6) is -1.21. The summed E-state index contributed by atoms with van der Waals surface area (Å²) < 4.78 is 5.22. The van der Waals surface area contributed by atoms with Crippen LogP contribution in [0, 0.1) is 6.92 Å². The van der Waals surface area contributed by atoms with Crippen molar-refractivity contribution in [3.05, 3.63) is 71.4 Å². The number of esters is 1. The lowest BCUT2D eigenvalue weighted by molar-refractivity contribution is -0.146. The van der Waals surface area contributed by atoms with Crippen molar-refractivity contribution in [1.29, 1.82) is 0 Å². The first kappa shape index (κ1) is 19.4. The van der Waals surface area contributed by atoms with E-state index in [0.29, 0.717) is 5.56 Å². The second kappa shape index (κ2) is 8.52. The molecular formula is C22H22N2O4. The number of ether oxygens (including phenoxy) is 1. The van der Waals surface area contributed by atoms with Crippen molar-refractivity contribution in [3.63, 3.8) is 0 Å². The van der Waals surface area contributed by atoms with E-state index in [9.17, 15) is 14.4 Å². The molecule has 0 saturated carbocycles. The number of para-hydroxylation sites is 1. The summed E-state index contributed by atoms with van der Waals surface area (Å²) in [6.07, 6.45) is -0.770. The molecule has 0 aliphatic rings. The van der Waals surface area contributed by atoms with E-state index < -0.39 is 12.1 Å². The van der Waals surface area contributed by atoms with Crippen LogP contribution in [-0.4, -0.2) is 35.3 Å². The lowest BCUT2D eigenvalue weighted by Gasteiger charge is -2.13. The van der Waals surface area contributed by atoms with Crippen LogP contribution in [0.1, 0.15) is 28.5 Å². The number of aromatic nitrogens is 1. The molecule has 3 rings (SSSR count). The molecule has 0 saturated heterocycles. The first-order chi connectivity index (χ1) is 13.5. The summed E-state index contributed by atoms with van der Waals surface area (Å²) in [5.41, 5.74) is 2.95. The number of hydrogen-bond acceptors (Lipinski definition) is 4. The van der Waals surface area contributed by atoms with Crippen LogP contribution in [0.2, 0.25) is 0 Å². The largest absolute Gasteiger partial charge is 0.453 e. The molecule has 6 nitrogen and oxygen atoms in total. The van der Waals surface area contributed by atoms with Crippen LogP contribution in [0.15, 0.2) is 54.6 Å². The van der Waals surface area contributed by atoms with Gasteiger partial charge in [-0.3, -0.25) is 14.4 Å². The van der Waals surface area contributed by atoms with Crippen molar-refractivity contribution in [2.45, 2.75) is 26.4 Å². The normalized spacial score (nSPS) is 11.8. The highest BCUT2D eigenvalue weighted by Gasteiger charge is 2.24. The highest BCUT2D eigenvalue weighted by Crippen LogP contribution is 2.23. The maximum Gasteiger partial charge on any atom is 0.326 e. The monoisotopic (exact) mass is 378 g/mol. The number of carbonyl (C=O) groups excluding carboxylic acids is 3. The molecule has 0 aliphatic carbocycles. The predicted octanol–water partition coefficient (Wildman–Crippen LogP) is 2.95. The molecule has 0 aliphatic heterocycles. The molecule has 0 spiro atoms. The molecule has 6 heteroatoms. The number of hydrogen-bond donors (Lipinski definition) is 2. The molecule has 144 valence electrons. The van der Waals surface area contributed by atoms with Crippen molar-refractivity contribution < 1.29 is 19.1 Å². The average Bonchev–Trinajstić information content (AvgIpc) is 3.02. The van der Waals surface area contributed by atoms with Crippen LogP contribution in [0.4, 0.5) is 0 Å². The number of fused-ring (bicyclic) bond motifs is 1. The molecule has 0 fully saturated rings. The minimum atomic E-state index is -0.948. The van der Waals surface area contributed by atoms with E-state index in [1.54, 1.807) is 0 Å². The molecule has 2 aromatic carbocycles. The first-order valence-electron chi connectivity index (χ1n) is 9.07. The summed E-state index contributed by atoms with van der Waals surface area (Å²) in [4.78, 5) is 39.9. The van der Waals surface area contributed by atoms with E-state index in [1.165, 1.54) is 6.92 Å². The molecule has 28 heavy (non-hydrogen) atoms. The van der Waals surface area contributed by atoms with Crippen molar-refractivity contribution in [1.82, 2.24) is 10.3 Å². The van der Waals surface area contributed by atoms with Gasteiger partial charge >= 0.3 is 5.97 Å². The smallest absolute Gasteiger partial charge is 0.326 e.